The first kappa shape index (κ1) is 19.2. The Labute approximate surface area is 160 Å². The van der Waals surface area contributed by atoms with Crippen molar-refractivity contribution in [2.45, 2.75) is 32.8 Å². The molecule has 0 radical (unpaired) electrons. The van der Waals surface area contributed by atoms with Crippen LogP contribution in [0.2, 0.25) is 0 Å². The fraction of sp³-hybridized carbons (Fsp3) is 0.409. The van der Waals surface area contributed by atoms with Crippen LogP contribution in [0.15, 0.2) is 42.5 Å². The van der Waals surface area contributed by atoms with Gasteiger partial charge in [-0.3, -0.25) is 0 Å². The second kappa shape index (κ2) is 8.01. The molecule has 2 N–H and O–H groups in total. The molecule has 1 aliphatic carbocycles. The first-order valence-electron chi connectivity index (χ1n) is 9.22. The predicted octanol–water partition coefficient (Wildman–Crippen LogP) is 4.49. The van der Waals surface area contributed by atoms with E-state index in [1.165, 1.54) is 5.56 Å². The van der Waals surface area contributed by atoms with Gasteiger partial charge in [-0.25, -0.2) is 4.79 Å². The maximum atomic E-state index is 11.4. The third-order valence-electron chi connectivity index (χ3n) is 5.15. The molecule has 0 aliphatic heterocycles. The van der Waals surface area contributed by atoms with Crippen LogP contribution in [0.5, 0.6) is 5.75 Å². The molecule has 2 aromatic rings. The molecule has 1 aliphatic rings. The number of ether oxygens (including phenoxy) is 3. The van der Waals surface area contributed by atoms with Gasteiger partial charge in [0.05, 0.1) is 6.61 Å². The molecule has 5 heteroatoms. The summed E-state index contributed by atoms with van der Waals surface area (Å²) in [5.41, 5.74) is 9.68. The number of fused-ring (bicyclic) bond motifs is 1. The monoisotopic (exact) mass is 369 g/mol. The summed E-state index contributed by atoms with van der Waals surface area (Å²) < 4.78 is 16.1. The van der Waals surface area contributed by atoms with Crippen molar-refractivity contribution in [3.8, 4) is 16.9 Å². The smallest absolute Gasteiger partial charge is 0.405 e. The Bertz CT molecular complexity index is 798. The average molecular weight is 369 g/mol. The van der Waals surface area contributed by atoms with E-state index in [1.807, 2.05) is 24.3 Å². The van der Waals surface area contributed by atoms with Crippen LogP contribution in [-0.2, 0) is 15.9 Å². The van der Waals surface area contributed by atoms with E-state index in [1.54, 1.807) is 7.11 Å². The molecular weight excluding hydrogens is 342 g/mol. The zero-order chi connectivity index (χ0) is 19.4. The minimum absolute atomic E-state index is 0.134. The lowest BCUT2D eigenvalue weighted by atomic mass is 9.71. The van der Waals surface area contributed by atoms with E-state index in [0.717, 1.165) is 35.3 Å². The van der Waals surface area contributed by atoms with Gasteiger partial charge in [-0.05, 0) is 47.2 Å². The van der Waals surface area contributed by atoms with Gasteiger partial charge in [0.2, 0.25) is 0 Å². The number of amides is 1. The van der Waals surface area contributed by atoms with Crippen LogP contribution < -0.4 is 10.5 Å². The highest BCUT2D eigenvalue weighted by Crippen LogP contribution is 2.46. The molecule has 0 fully saturated rings. The minimum Gasteiger partial charge on any atom is -0.491 e. The Hall–Kier alpha value is -2.53. The topological polar surface area (TPSA) is 70.8 Å². The summed E-state index contributed by atoms with van der Waals surface area (Å²) in [5.74, 6) is 0.824. The fourth-order valence-electron chi connectivity index (χ4n) is 3.59. The van der Waals surface area contributed by atoms with Crippen LogP contribution in [0, 0.1) is 5.41 Å². The van der Waals surface area contributed by atoms with Crippen LogP contribution in [0.1, 0.15) is 37.5 Å². The van der Waals surface area contributed by atoms with Crippen molar-refractivity contribution in [2.24, 2.45) is 11.1 Å². The summed E-state index contributed by atoms with van der Waals surface area (Å²) in [5, 5.41) is 0. The van der Waals surface area contributed by atoms with Crippen LogP contribution >= 0.6 is 0 Å². The van der Waals surface area contributed by atoms with Gasteiger partial charge in [-0.2, -0.15) is 0 Å². The normalized spacial score (nSPS) is 17.8. The molecule has 0 aromatic heterocycles. The Kier molecular flexibility index (Phi) is 5.71. The van der Waals surface area contributed by atoms with Gasteiger partial charge in [0, 0.05) is 12.5 Å². The van der Waals surface area contributed by atoms with Gasteiger partial charge < -0.3 is 19.9 Å². The molecule has 0 bridgehead atoms. The first-order valence-corrected chi connectivity index (χ1v) is 9.22. The third-order valence-corrected chi connectivity index (χ3v) is 5.15. The number of hydrogen-bond acceptors (Lipinski definition) is 4. The summed E-state index contributed by atoms with van der Waals surface area (Å²) >= 11 is 0. The summed E-state index contributed by atoms with van der Waals surface area (Å²) in [6.07, 6.45) is 0.846. The number of aryl methyl sites for hydroxylation is 1. The Morgan fingerprint density at radius 1 is 1.11 bits per heavy atom. The number of rotatable bonds is 6. The van der Waals surface area contributed by atoms with Crippen LogP contribution in [0.4, 0.5) is 4.79 Å². The van der Waals surface area contributed by atoms with Crippen molar-refractivity contribution >= 4 is 6.09 Å². The molecular formula is C22H27NO4. The molecule has 0 heterocycles. The third kappa shape index (κ3) is 4.42. The maximum Gasteiger partial charge on any atom is 0.405 e. The van der Waals surface area contributed by atoms with Crippen molar-refractivity contribution in [2.75, 3.05) is 20.3 Å². The molecule has 0 saturated heterocycles. The quantitative estimate of drug-likeness (QED) is 0.762. The van der Waals surface area contributed by atoms with Gasteiger partial charge in [0.15, 0.2) is 0 Å². The van der Waals surface area contributed by atoms with Crippen LogP contribution in [0.25, 0.3) is 11.1 Å². The van der Waals surface area contributed by atoms with Crippen molar-refractivity contribution < 1.29 is 19.0 Å². The molecule has 1 amide bonds. The number of carbonyl (C=O) groups excluding carboxylic acids is 1. The summed E-state index contributed by atoms with van der Waals surface area (Å²) in [6.45, 7) is 5.32. The Morgan fingerprint density at radius 3 is 2.48 bits per heavy atom. The molecule has 144 valence electrons. The lowest BCUT2D eigenvalue weighted by molar-refractivity contribution is 0.0147. The molecule has 0 spiro atoms. The van der Waals surface area contributed by atoms with E-state index in [2.05, 4.69) is 32.0 Å². The average Bonchev–Trinajstić information content (AvgIpc) is 2.64. The van der Waals surface area contributed by atoms with Gasteiger partial charge >= 0.3 is 6.09 Å². The lowest BCUT2D eigenvalue weighted by Gasteiger charge is -2.39. The van der Waals surface area contributed by atoms with Gasteiger partial charge in [-0.15, -0.1) is 0 Å². The van der Waals surface area contributed by atoms with Gasteiger partial charge in [0.1, 0.15) is 18.5 Å². The zero-order valence-electron chi connectivity index (χ0n) is 16.2. The highest BCUT2D eigenvalue weighted by molar-refractivity contribution is 5.67. The molecule has 5 nitrogen and oxygen atoms in total. The summed E-state index contributed by atoms with van der Waals surface area (Å²) in [4.78, 5) is 11.4. The Morgan fingerprint density at radius 2 is 1.81 bits per heavy atom. The van der Waals surface area contributed by atoms with Gasteiger partial charge in [0.25, 0.3) is 0 Å². The van der Waals surface area contributed by atoms with E-state index in [9.17, 15) is 4.79 Å². The molecule has 2 aromatic carbocycles. The zero-order valence-corrected chi connectivity index (χ0v) is 16.2. The highest BCUT2D eigenvalue weighted by atomic mass is 16.6. The van der Waals surface area contributed by atoms with E-state index in [0.29, 0.717) is 13.2 Å². The van der Waals surface area contributed by atoms with Crippen molar-refractivity contribution in [1.29, 1.82) is 0 Å². The second-order valence-electron chi connectivity index (χ2n) is 7.58. The SMILES string of the molecule is COCCOc1ccc(-c2ccc3c(c2)CCC(C)(C)C3OC(N)=O)cc1. The molecule has 27 heavy (non-hydrogen) atoms. The van der Waals surface area contributed by atoms with Crippen LogP contribution in [0.3, 0.4) is 0 Å². The lowest BCUT2D eigenvalue weighted by Crippen LogP contribution is -2.33. The van der Waals surface area contributed by atoms with Crippen molar-refractivity contribution in [3.63, 3.8) is 0 Å². The largest absolute Gasteiger partial charge is 0.491 e. The number of primary amides is 1. The standard InChI is InChI=1S/C22H27NO4/c1-22(2)11-10-17-14-16(6-9-19(17)20(22)27-21(23)24)15-4-7-18(8-5-15)26-13-12-25-3/h4-9,14,20H,10-13H2,1-3H3,(H2,23,24). The maximum absolute atomic E-state index is 11.4. The second-order valence-corrected chi connectivity index (χ2v) is 7.58. The molecule has 3 rings (SSSR count). The summed E-state index contributed by atoms with van der Waals surface area (Å²) in [7, 11) is 1.66. The fourth-order valence-corrected chi connectivity index (χ4v) is 3.59. The molecule has 0 saturated carbocycles. The number of hydrogen-bond donors (Lipinski definition) is 1. The van der Waals surface area contributed by atoms with Gasteiger partial charge in [-0.1, -0.05) is 44.2 Å². The Balaban J connectivity index is 1.82. The molecule has 1 atom stereocenters. The van der Waals surface area contributed by atoms with Crippen molar-refractivity contribution in [3.05, 3.63) is 53.6 Å². The highest BCUT2D eigenvalue weighted by Gasteiger charge is 2.38. The van der Waals surface area contributed by atoms with E-state index in [4.69, 9.17) is 19.9 Å². The number of carbonyl (C=O) groups is 1. The van der Waals surface area contributed by atoms with E-state index in [-0.39, 0.29) is 11.5 Å². The number of methoxy groups -OCH3 is 1. The van der Waals surface area contributed by atoms with Crippen LogP contribution in [-0.4, -0.2) is 26.4 Å². The number of nitrogens with two attached hydrogens (primary N) is 1. The first-order chi connectivity index (χ1) is 12.9. The number of benzene rings is 2. The van der Waals surface area contributed by atoms with E-state index < -0.39 is 6.09 Å². The predicted molar refractivity (Wildman–Crippen MR) is 105 cm³/mol. The van der Waals surface area contributed by atoms with Crippen molar-refractivity contribution in [1.82, 2.24) is 0 Å². The molecule has 1 unspecified atom stereocenters. The minimum atomic E-state index is -0.728. The summed E-state index contributed by atoms with van der Waals surface area (Å²) in [6, 6.07) is 14.3. The van der Waals surface area contributed by atoms with E-state index >= 15 is 0 Å².